The van der Waals surface area contributed by atoms with Crippen LogP contribution in [0, 0.1) is 0 Å². The largest absolute Gasteiger partial charge is 0.366 e. The molecule has 17 heavy (non-hydrogen) atoms. The molecule has 0 aliphatic carbocycles. The van der Waals surface area contributed by atoms with Gasteiger partial charge in [-0.25, -0.2) is 0 Å². The average molecular weight is 232 g/mol. The number of hydrogen-bond acceptors (Lipinski definition) is 5. The molecule has 0 saturated carbocycles. The standard InChI is InChI=1S/C12H12N2O3/c1-2-16-11(9-6-4-3-5-7-9)12-13-10(8-15)17-14-12/h3-8,11H,2H2,1H3. The quantitative estimate of drug-likeness (QED) is 0.738. The minimum Gasteiger partial charge on any atom is -0.366 e. The summed E-state index contributed by atoms with van der Waals surface area (Å²) in [5, 5.41) is 3.74. The SMILES string of the molecule is CCOC(c1ccccc1)c1noc(C=O)n1. The molecule has 1 heterocycles. The summed E-state index contributed by atoms with van der Waals surface area (Å²) in [5.41, 5.74) is 0.924. The van der Waals surface area contributed by atoms with E-state index in [0.717, 1.165) is 5.56 Å². The Balaban J connectivity index is 2.31. The first kappa shape index (κ1) is 11.5. The number of benzene rings is 1. The van der Waals surface area contributed by atoms with Crippen LogP contribution in [0.3, 0.4) is 0 Å². The molecular weight excluding hydrogens is 220 g/mol. The molecule has 1 atom stereocenters. The Labute approximate surface area is 98.4 Å². The monoisotopic (exact) mass is 232 g/mol. The van der Waals surface area contributed by atoms with E-state index in [9.17, 15) is 4.79 Å². The molecule has 88 valence electrons. The van der Waals surface area contributed by atoms with Crippen molar-refractivity contribution in [2.24, 2.45) is 0 Å². The lowest BCUT2D eigenvalue weighted by atomic mass is 10.1. The van der Waals surface area contributed by atoms with E-state index in [-0.39, 0.29) is 5.89 Å². The molecule has 1 aromatic carbocycles. The third-order valence-corrected chi connectivity index (χ3v) is 2.23. The summed E-state index contributed by atoms with van der Waals surface area (Å²) in [5.74, 6) is 0.320. The van der Waals surface area contributed by atoms with Gasteiger partial charge in [-0.3, -0.25) is 4.79 Å². The molecule has 1 aromatic heterocycles. The van der Waals surface area contributed by atoms with E-state index in [1.165, 1.54) is 0 Å². The molecule has 0 spiro atoms. The summed E-state index contributed by atoms with van der Waals surface area (Å²) >= 11 is 0. The van der Waals surface area contributed by atoms with Crippen molar-refractivity contribution in [3.05, 3.63) is 47.6 Å². The molecule has 0 bridgehead atoms. The zero-order valence-electron chi connectivity index (χ0n) is 9.37. The maximum atomic E-state index is 10.5. The second-order valence-electron chi connectivity index (χ2n) is 3.35. The Morgan fingerprint density at radius 2 is 2.18 bits per heavy atom. The summed E-state index contributed by atoms with van der Waals surface area (Å²) in [6.45, 7) is 2.40. The number of carbonyl (C=O) groups excluding carboxylic acids is 1. The molecule has 0 N–H and O–H groups in total. The first-order valence-electron chi connectivity index (χ1n) is 5.30. The lowest BCUT2D eigenvalue weighted by Gasteiger charge is -2.13. The summed E-state index contributed by atoms with van der Waals surface area (Å²) in [6.07, 6.45) is 0.114. The summed E-state index contributed by atoms with van der Waals surface area (Å²) in [6, 6.07) is 9.55. The fraction of sp³-hybridized carbons (Fsp3) is 0.250. The third kappa shape index (κ3) is 2.57. The highest BCUT2D eigenvalue weighted by Gasteiger charge is 2.20. The summed E-state index contributed by atoms with van der Waals surface area (Å²) in [4.78, 5) is 14.5. The van der Waals surface area contributed by atoms with Crippen LogP contribution in [0.1, 0.15) is 35.1 Å². The fourth-order valence-corrected chi connectivity index (χ4v) is 1.52. The molecule has 0 radical (unpaired) electrons. The smallest absolute Gasteiger partial charge is 0.290 e. The van der Waals surface area contributed by atoms with Gasteiger partial charge in [-0.2, -0.15) is 4.98 Å². The van der Waals surface area contributed by atoms with Crippen molar-refractivity contribution in [1.82, 2.24) is 10.1 Å². The molecule has 0 saturated heterocycles. The number of ether oxygens (including phenoxy) is 1. The number of hydrogen-bond donors (Lipinski definition) is 0. The highest BCUT2D eigenvalue weighted by molar-refractivity contribution is 5.67. The van der Waals surface area contributed by atoms with Crippen molar-refractivity contribution in [2.45, 2.75) is 13.0 Å². The van der Waals surface area contributed by atoms with E-state index in [1.807, 2.05) is 37.3 Å². The zero-order valence-corrected chi connectivity index (χ0v) is 9.37. The van der Waals surface area contributed by atoms with Gasteiger partial charge in [-0.15, -0.1) is 0 Å². The van der Waals surface area contributed by atoms with Gasteiger partial charge in [0.15, 0.2) is 0 Å². The molecule has 0 fully saturated rings. The van der Waals surface area contributed by atoms with Crippen molar-refractivity contribution < 1.29 is 14.1 Å². The Morgan fingerprint density at radius 1 is 1.41 bits per heavy atom. The van der Waals surface area contributed by atoms with Gasteiger partial charge in [0.2, 0.25) is 12.1 Å². The molecule has 0 aliphatic heterocycles. The Hall–Kier alpha value is -2.01. The highest BCUT2D eigenvalue weighted by atomic mass is 16.5. The van der Waals surface area contributed by atoms with E-state index < -0.39 is 6.10 Å². The van der Waals surface area contributed by atoms with E-state index >= 15 is 0 Å². The van der Waals surface area contributed by atoms with Gasteiger partial charge >= 0.3 is 0 Å². The van der Waals surface area contributed by atoms with Crippen molar-refractivity contribution in [2.75, 3.05) is 6.61 Å². The minimum absolute atomic E-state index is 0.0411. The van der Waals surface area contributed by atoms with Crippen LogP contribution in [-0.2, 0) is 4.74 Å². The topological polar surface area (TPSA) is 65.2 Å². The Morgan fingerprint density at radius 3 is 2.76 bits per heavy atom. The van der Waals surface area contributed by atoms with Gasteiger partial charge in [0.05, 0.1) is 0 Å². The van der Waals surface area contributed by atoms with Gasteiger partial charge in [-0.05, 0) is 12.5 Å². The van der Waals surface area contributed by atoms with Gasteiger partial charge in [0.1, 0.15) is 6.10 Å². The number of rotatable bonds is 5. The predicted molar refractivity (Wildman–Crippen MR) is 59.6 cm³/mol. The van der Waals surface area contributed by atoms with Crippen LogP contribution in [0.25, 0.3) is 0 Å². The third-order valence-electron chi connectivity index (χ3n) is 2.23. The molecule has 0 amide bonds. The second kappa shape index (κ2) is 5.36. The Bertz CT molecular complexity index is 482. The lowest BCUT2D eigenvalue weighted by Crippen LogP contribution is -2.08. The molecule has 5 heteroatoms. The van der Waals surface area contributed by atoms with Gasteiger partial charge < -0.3 is 9.26 Å². The minimum atomic E-state index is -0.404. The number of nitrogens with zero attached hydrogens (tertiary/aromatic N) is 2. The van der Waals surface area contributed by atoms with Crippen molar-refractivity contribution in [3.63, 3.8) is 0 Å². The average Bonchev–Trinajstić information content (AvgIpc) is 2.85. The lowest BCUT2D eigenvalue weighted by molar-refractivity contribution is 0.0833. The van der Waals surface area contributed by atoms with Crippen molar-refractivity contribution in [1.29, 1.82) is 0 Å². The molecular formula is C12H12N2O3. The van der Waals surface area contributed by atoms with Crippen molar-refractivity contribution in [3.8, 4) is 0 Å². The molecule has 5 nitrogen and oxygen atoms in total. The van der Waals surface area contributed by atoms with Crippen LogP contribution in [0.5, 0.6) is 0 Å². The van der Waals surface area contributed by atoms with Crippen LogP contribution in [-0.4, -0.2) is 23.0 Å². The van der Waals surface area contributed by atoms with Gasteiger partial charge in [0, 0.05) is 6.61 Å². The second-order valence-corrected chi connectivity index (χ2v) is 3.35. The van der Waals surface area contributed by atoms with E-state index in [4.69, 9.17) is 9.26 Å². The van der Waals surface area contributed by atoms with Crippen LogP contribution in [0.4, 0.5) is 0 Å². The first-order valence-corrected chi connectivity index (χ1v) is 5.30. The van der Waals surface area contributed by atoms with Gasteiger partial charge in [-0.1, -0.05) is 35.5 Å². The Kier molecular flexibility index (Phi) is 3.62. The van der Waals surface area contributed by atoms with E-state index in [1.54, 1.807) is 0 Å². The van der Waals surface area contributed by atoms with Crippen LogP contribution >= 0.6 is 0 Å². The highest BCUT2D eigenvalue weighted by Crippen LogP contribution is 2.23. The van der Waals surface area contributed by atoms with Crippen LogP contribution in [0.2, 0.25) is 0 Å². The number of aromatic nitrogens is 2. The molecule has 2 rings (SSSR count). The normalized spacial score (nSPS) is 12.3. The van der Waals surface area contributed by atoms with Crippen molar-refractivity contribution >= 4 is 6.29 Å². The fourth-order valence-electron chi connectivity index (χ4n) is 1.52. The van der Waals surface area contributed by atoms with E-state index in [2.05, 4.69) is 10.1 Å². The van der Waals surface area contributed by atoms with Crippen LogP contribution in [0.15, 0.2) is 34.9 Å². The first-order chi connectivity index (χ1) is 8.35. The number of aldehydes is 1. The maximum absolute atomic E-state index is 10.5. The van der Waals surface area contributed by atoms with E-state index in [0.29, 0.717) is 18.7 Å². The molecule has 2 aromatic rings. The predicted octanol–water partition coefficient (Wildman–Crippen LogP) is 2.01. The zero-order chi connectivity index (χ0) is 12.1. The number of carbonyl (C=O) groups is 1. The van der Waals surface area contributed by atoms with Crippen LogP contribution < -0.4 is 0 Å². The maximum Gasteiger partial charge on any atom is 0.290 e. The molecule has 0 aliphatic rings. The summed E-state index contributed by atoms with van der Waals surface area (Å²) in [7, 11) is 0. The molecule has 1 unspecified atom stereocenters. The summed E-state index contributed by atoms with van der Waals surface area (Å²) < 4.78 is 10.3. The van der Waals surface area contributed by atoms with Gasteiger partial charge in [0.25, 0.3) is 5.89 Å².